The van der Waals surface area contributed by atoms with Gasteiger partial charge in [-0.3, -0.25) is 4.79 Å². The molecule has 0 aliphatic carbocycles. The van der Waals surface area contributed by atoms with Crippen LogP contribution in [0.4, 0.5) is 0 Å². The predicted octanol–water partition coefficient (Wildman–Crippen LogP) is 1.91. The first-order chi connectivity index (χ1) is 10.9. The van der Waals surface area contributed by atoms with E-state index in [1.54, 1.807) is 31.2 Å². The van der Waals surface area contributed by atoms with Crippen LogP contribution in [-0.2, 0) is 0 Å². The number of ether oxygens (including phenoxy) is 3. The molecule has 6 heteroatoms. The summed E-state index contributed by atoms with van der Waals surface area (Å²) in [5.74, 6) is 1.92. The van der Waals surface area contributed by atoms with Crippen molar-refractivity contribution in [2.24, 2.45) is 11.7 Å². The minimum Gasteiger partial charge on any atom is -0.493 e. The van der Waals surface area contributed by atoms with Crippen LogP contribution in [0.5, 0.6) is 17.2 Å². The molecule has 128 valence electrons. The lowest BCUT2D eigenvalue weighted by molar-refractivity contribution is 0.0787. The maximum absolute atomic E-state index is 12.6. The molecule has 1 unspecified atom stereocenters. The Hall–Kier alpha value is -1.95. The summed E-state index contributed by atoms with van der Waals surface area (Å²) in [6.07, 6.45) is 0.765. The van der Waals surface area contributed by atoms with Gasteiger partial charge in [0.05, 0.1) is 7.11 Å². The highest BCUT2D eigenvalue weighted by atomic mass is 16.6. The Labute approximate surface area is 137 Å². The molecule has 1 aromatic rings. The second-order valence-electron chi connectivity index (χ2n) is 6.13. The van der Waals surface area contributed by atoms with Crippen molar-refractivity contribution in [2.75, 3.05) is 33.9 Å². The van der Waals surface area contributed by atoms with Crippen LogP contribution in [-0.4, -0.2) is 50.8 Å². The van der Waals surface area contributed by atoms with Crippen LogP contribution in [0, 0.1) is 5.92 Å². The fourth-order valence-electron chi connectivity index (χ4n) is 2.39. The van der Waals surface area contributed by atoms with E-state index in [9.17, 15) is 4.79 Å². The molecule has 0 saturated carbocycles. The number of benzene rings is 1. The second-order valence-corrected chi connectivity index (χ2v) is 6.13. The van der Waals surface area contributed by atoms with Gasteiger partial charge in [0.1, 0.15) is 13.2 Å². The van der Waals surface area contributed by atoms with Crippen LogP contribution in [0.3, 0.4) is 0 Å². The average Bonchev–Trinajstić information content (AvgIpc) is 2.57. The SMILES string of the molecule is COc1cc(C(=O)N(C)CCC(N)C(C)C)cc2c1OCCO2. The molecule has 23 heavy (non-hydrogen) atoms. The maximum Gasteiger partial charge on any atom is 0.253 e. The van der Waals surface area contributed by atoms with E-state index in [0.717, 1.165) is 6.42 Å². The van der Waals surface area contributed by atoms with Crippen molar-refractivity contribution in [1.29, 1.82) is 0 Å². The minimum absolute atomic E-state index is 0.0834. The second kappa shape index (κ2) is 7.55. The zero-order valence-electron chi connectivity index (χ0n) is 14.3. The van der Waals surface area contributed by atoms with Gasteiger partial charge in [0, 0.05) is 25.2 Å². The third-order valence-corrected chi connectivity index (χ3v) is 4.08. The largest absolute Gasteiger partial charge is 0.493 e. The van der Waals surface area contributed by atoms with E-state index < -0.39 is 0 Å². The summed E-state index contributed by atoms with van der Waals surface area (Å²) in [5, 5.41) is 0. The quantitative estimate of drug-likeness (QED) is 0.866. The number of methoxy groups -OCH3 is 1. The average molecular weight is 322 g/mol. The van der Waals surface area contributed by atoms with E-state index in [1.807, 2.05) is 0 Å². The van der Waals surface area contributed by atoms with Crippen LogP contribution in [0.25, 0.3) is 0 Å². The minimum atomic E-state index is -0.0868. The number of fused-ring (bicyclic) bond motifs is 1. The summed E-state index contributed by atoms with van der Waals surface area (Å²) in [4.78, 5) is 14.3. The topological polar surface area (TPSA) is 74.0 Å². The molecule has 1 aromatic carbocycles. The Morgan fingerprint density at radius 1 is 1.35 bits per heavy atom. The number of nitrogens with two attached hydrogens (primary N) is 1. The predicted molar refractivity (Wildman–Crippen MR) is 88.4 cm³/mol. The molecule has 1 amide bonds. The highest BCUT2D eigenvalue weighted by Crippen LogP contribution is 2.40. The van der Waals surface area contributed by atoms with Crippen LogP contribution in [0.1, 0.15) is 30.6 Å². The van der Waals surface area contributed by atoms with Gasteiger partial charge in [-0.15, -0.1) is 0 Å². The summed E-state index contributed by atoms with van der Waals surface area (Å²) in [5.41, 5.74) is 6.57. The maximum atomic E-state index is 12.6. The number of carbonyl (C=O) groups excluding carboxylic acids is 1. The smallest absolute Gasteiger partial charge is 0.253 e. The van der Waals surface area contributed by atoms with Crippen molar-refractivity contribution < 1.29 is 19.0 Å². The molecule has 0 aromatic heterocycles. The first-order valence-electron chi connectivity index (χ1n) is 7.92. The molecule has 2 rings (SSSR count). The number of hydrogen-bond donors (Lipinski definition) is 1. The lowest BCUT2D eigenvalue weighted by atomic mass is 10.0. The summed E-state index contributed by atoms with van der Waals surface area (Å²) in [7, 11) is 3.33. The normalized spacial score (nSPS) is 14.5. The molecule has 1 atom stereocenters. The number of rotatable bonds is 6. The van der Waals surface area contributed by atoms with Gasteiger partial charge in [0.2, 0.25) is 5.75 Å². The Kier molecular flexibility index (Phi) is 5.71. The molecule has 2 N–H and O–H groups in total. The van der Waals surface area contributed by atoms with Crippen molar-refractivity contribution in [1.82, 2.24) is 4.90 Å². The lowest BCUT2D eigenvalue weighted by Crippen LogP contribution is -2.34. The van der Waals surface area contributed by atoms with E-state index in [4.69, 9.17) is 19.9 Å². The Morgan fingerprint density at radius 3 is 2.70 bits per heavy atom. The first-order valence-corrected chi connectivity index (χ1v) is 7.92. The van der Waals surface area contributed by atoms with Crippen molar-refractivity contribution in [2.45, 2.75) is 26.3 Å². The van der Waals surface area contributed by atoms with Gasteiger partial charge >= 0.3 is 0 Å². The monoisotopic (exact) mass is 322 g/mol. The van der Waals surface area contributed by atoms with Gasteiger partial charge in [-0.1, -0.05) is 13.8 Å². The van der Waals surface area contributed by atoms with Crippen LogP contribution < -0.4 is 19.9 Å². The summed E-state index contributed by atoms with van der Waals surface area (Å²) in [6.45, 7) is 5.71. The standard InChI is InChI=1S/C17H26N2O4/c1-11(2)13(18)5-6-19(3)17(20)12-9-14(21-4)16-15(10-12)22-7-8-23-16/h9-11,13H,5-8,18H2,1-4H3. The number of hydrogen-bond acceptors (Lipinski definition) is 5. The number of nitrogens with zero attached hydrogens (tertiary/aromatic N) is 1. The zero-order chi connectivity index (χ0) is 17.0. The van der Waals surface area contributed by atoms with E-state index >= 15 is 0 Å². The highest BCUT2D eigenvalue weighted by molar-refractivity contribution is 5.95. The van der Waals surface area contributed by atoms with Gasteiger partial charge in [0.25, 0.3) is 5.91 Å². The van der Waals surface area contributed by atoms with Gasteiger partial charge in [-0.05, 0) is 24.5 Å². The van der Waals surface area contributed by atoms with Crippen LogP contribution >= 0.6 is 0 Å². The molecule has 0 saturated heterocycles. The van der Waals surface area contributed by atoms with Gasteiger partial charge < -0.3 is 24.8 Å². The lowest BCUT2D eigenvalue weighted by Gasteiger charge is -2.24. The third-order valence-electron chi connectivity index (χ3n) is 4.08. The zero-order valence-corrected chi connectivity index (χ0v) is 14.3. The Bertz CT molecular complexity index is 543. The molecule has 6 nitrogen and oxygen atoms in total. The number of amides is 1. The molecule has 1 aliphatic heterocycles. The van der Waals surface area contributed by atoms with Crippen molar-refractivity contribution in [3.8, 4) is 17.2 Å². The molecular weight excluding hydrogens is 296 g/mol. The van der Waals surface area contributed by atoms with Crippen LogP contribution in [0.15, 0.2) is 12.1 Å². The van der Waals surface area contributed by atoms with Crippen molar-refractivity contribution in [3.63, 3.8) is 0 Å². The Morgan fingerprint density at radius 2 is 2.04 bits per heavy atom. The molecule has 0 spiro atoms. The molecule has 0 fully saturated rings. The van der Waals surface area contributed by atoms with Gasteiger partial charge in [-0.2, -0.15) is 0 Å². The molecule has 0 radical (unpaired) electrons. The van der Waals surface area contributed by atoms with Crippen molar-refractivity contribution >= 4 is 5.91 Å². The van der Waals surface area contributed by atoms with E-state index in [0.29, 0.717) is 48.5 Å². The van der Waals surface area contributed by atoms with Gasteiger partial charge in [0.15, 0.2) is 11.5 Å². The summed E-state index contributed by atoms with van der Waals surface area (Å²) < 4.78 is 16.4. The van der Waals surface area contributed by atoms with E-state index in [2.05, 4.69) is 13.8 Å². The van der Waals surface area contributed by atoms with E-state index in [-0.39, 0.29) is 11.9 Å². The fourth-order valence-corrected chi connectivity index (χ4v) is 2.39. The molecular formula is C17H26N2O4. The van der Waals surface area contributed by atoms with E-state index in [1.165, 1.54) is 0 Å². The Balaban J connectivity index is 2.12. The molecule has 0 bridgehead atoms. The molecule has 1 aliphatic rings. The van der Waals surface area contributed by atoms with Crippen molar-refractivity contribution in [3.05, 3.63) is 17.7 Å². The summed E-state index contributed by atoms with van der Waals surface area (Å²) in [6, 6.07) is 3.48. The third kappa shape index (κ3) is 4.07. The first kappa shape index (κ1) is 17.4. The highest BCUT2D eigenvalue weighted by Gasteiger charge is 2.22. The fraction of sp³-hybridized carbons (Fsp3) is 0.588. The van der Waals surface area contributed by atoms with Gasteiger partial charge in [-0.25, -0.2) is 0 Å². The molecule has 1 heterocycles. The van der Waals surface area contributed by atoms with Crippen LogP contribution in [0.2, 0.25) is 0 Å². The number of carbonyl (C=O) groups is 1. The summed E-state index contributed by atoms with van der Waals surface area (Å²) >= 11 is 0.